The molecular weight excluding hydrogens is 258 g/mol. The van der Waals surface area contributed by atoms with Crippen molar-refractivity contribution in [3.8, 4) is 0 Å². The number of hydrogen-bond donors (Lipinski definition) is 0. The van der Waals surface area contributed by atoms with Gasteiger partial charge in [-0.05, 0) is 51.7 Å². The van der Waals surface area contributed by atoms with Crippen LogP contribution in [0.25, 0.3) is 11.2 Å². The van der Waals surface area contributed by atoms with Crippen molar-refractivity contribution in [1.82, 2.24) is 14.5 Å². The smallest absolute Gasteiger partial charge is 0.160 e. The van der Waals surface area contributed by atoms with Crippen LogP contribution >= 0.6 is 11.6 Å². The molecule has 0 atom stereocenters. The van der Waals surface area contributed by atoms with Gasteiger partial charge in [-0.3, -0.25) is 0 Å². The molecule has 2 aromatic rings. The van der Waals surface area contributed by atoms with Gasteiger partial charge in [-0.2, -0.15) is 0 Å². The van der Waals surface area contributed by atoms with E-state index in [-0.39, 0.29) is 5.54 Å². The van der Waals surface area contributed by atoms with Crippen molar-refractivity contribution in [3.05, 3.63) is 23.7 Å². The quantitative estimate of drug-likeness (QED) is 0.799. The Bertz CT molecular complexity index is 611. The van der Waals surface area contributed by atoms with Crippen LogP contribution in [0.5, 0.6) is 0 Å². The maximum Gasteiger partial charge on any atom is 0.160 e. The van der Waals surface area contributed by atoms with Gasteiger partial charge >= 0.3 is 0 Å². The summed E-state index contributed by atoms with van der Waals surface area (Å²) in [7, 11) is 0. The van der Waals surface area contributed by atoms with Gasteiger partial charge in [0.25, 0.3) is 0 Å². The number of halogens is 1. The molecule has 4 heteroatoms. The summed E-state index contributed by atoms with van der Waals surface area (Å²) in [4.78, 5) is 9.45. The third-order valence-electron chi connectivity index (χ3n) is 4.18. The monoisotopic (exact) mass is 277 g/mol. The highest BCUT2D eigenvalue weighted by molar-refractivity contribution is 6.17. The molecule has 0 radical (unpaired) electrons. The van der Waals surface area contributed by atoms with Gasteiger partial charge in [0, 0.05) is 23.5 Å². The lowest BCUT2D eigenvalue weighted by Crippen LogP contribution is -2.31. The van der Waals surface area contributed by atoms with E-state index < -0.39 is 0 Å². The fraction of sp³-hybridized carbons (Fsp3) is 0.600. The van der Waals surface area contributed by atoms with Crippen LogP contribution in [-0.4, -0.2) is 20.4 Å². The number of alkyl halides is 1. The van der Waals surface area contributed by atoms with Crippen molar-refractivity contribution in [3.63, 3.8) is 0 Å². The van der Waals surface area contributed by atoms with E-state index in [2.05, 4.69) is 24.5 Å². The standard InChI is InChI=1S/C15H20ClN3/c1-10-4-7-12-14(17-10)19(13(18-12)8-9-16)15(2,3)11-5-6-11/h4,7,11H,5-6,8-9H2,1-3H3. The van der Waals surface area contributed by atoms with E-state index in [4.69, 9.17) is 21.6 Å². The molecule has 19 heavy (non-hydrogen) atoms. The highest BCUT2D eigenvalue weighted by Crippen LogP contribution is 2.45. The first-order valence-electron chi connectivity index (χ1n) is 6.95. The summed E-state index contributed by atoms with van der Waals surface area (Å²) in [6, 6.07) is 4.09. The average Bonchev–Trinajstić information content (AvgIpc) is 3.13. The summed E-state index contributed by atoms with van der Waals surface area (Å²) in [5, 5.41) is 0. The molecule has 3 nitrogen and oxygen atoms in total. The molecule has 0 spiro atoms. The number of fused-ring (bicyclic) bond motifs is 1. The molecule has 2 heterocycles. The largest absolute Gasteiger partial charge is 0.307 e. The van der Waals surface area contributed by atoms with Crippen molar-refractivity contribution in [2.75, 3.05) is 5.88 Å². The van der Waals surface area contributed by atoms with Gasteiger partial charge < -0.3 is 4.57 Å². The summed E-state index contributed by atoms with van der Waals surface area (Å²) in [6.07, 6.45) is 3.41. The number of nitrogens with zero attached hydrogens (tertiary/aromatic N) is 3. The molecule has 1 saturated carbocycles. The minimum atomic E-state index is 0.0803. The minimum Gasteiger partial charge on any atom is -0.307 e. The lowest BCUT2D eigenvalue weighted by atomic mass is 9.98. The number of imidazole rings is 1. The average molecular weight is 278 g/mol. The predicted octanol–water partition coefficient (Wildman–Crippen LogP) is 3.67. The molecule has 0 saturated heterocycles. The summed E-state index contributed by atoms with van der Waals surface area (Å²) in [6.45, 7) is 6.63. The van der Waals surface area contributed by atoms with E-state index in [0.29, 0.717) is 5.88 Å². The Morgan fingerprint density at radius 3 is 2.68 bits per heavy atom. The molecule has 2 aromatic heterocycles. The molecule has 1 aliphatic rings. The second-order valence-electron chi connectivity index (χ2n) is 6.03. The Labute approximate surface area is 119 Å². The second kappa shape index (κ2) is 4.48. The Kier molecular flexibility index (Phi) is 3.05. The number of rotatable bonds is 4. The van der Waals surface area contributed by atoms with Crippen molar-refractivity contribution in [1.29, 1.82) is 0 Å². The molecule has 0 aromatic carbocycles. The highest BCUT2D eigenvalue weighted by atomic mass is 35.5. The molecule has 0 N–H and O–H groups in total. The van der Waals surface area contributed by atoms with E-state index >= 15 is 0 Å². The van der Waals surface area contributed by atoms with Crippen LogP contribution in [-0.2, 0) is 12.0 Å². The van der Waals surface area contributed by atoms with Gasteiger partial charge in [0.15, 0.2) is 5.65 Å². The van der Waals surface area contributed by atoms with Gasteiger partial charge in [0.05, 0.1) is 0 Å². The zero-order valence-corrected chi connectivity index (χ0v) is 12.5. The lowest BCUT2D eigenvalue weighted by Gasteiger charge is -2.29. The molecular formula is C15H20ClN3. The van der Waals surface area contributed by atoms with Crippen LogP contribution in [0.2, 0.25) is 0 Å². The Hall–Kier alpha value is -1.09. The lowest BCUT2D eigenvalue weighted by molar-refractivity contribution is 0.303. The van der Waals surface area contributed by atoms with E-state index in [0.717, 1.165) is 35.0 Å². The van der Waals surface area contributed by atoms with Crippen LogP contribution in [0, 0.1) is 12.8 Å². The molecule has 1 fully saturated rings. The van der Waals surface area contributed by atoms with Crippen LogP contribution in [0.3, 0.4) is 0 Å². The number of aromatic nitrogens is 3. The molecule has 0 unspecified atom stereocenters. The normalized spacial score (nSPS) is 16.2. The van der Waals surface area contributed by atoms with Crippen LogP contribution < -0.4 is 0 Å². The first kappa shape index (κ1) is 12.9. The predicted molar refractivity (Wildman–Crippen MR) is 78.7 cm³/mol. The topological polar surface area (TPSA) is 30.7 Å². The third-order valence-corrected chi connectivity index (χ3v) is 4.37. The first-order valence-corrected chi connectivity index (χ1v) is 7.49. The van der Waals surface area contributed by atoms with Crippen molar-refractivity contribution in [2.45, 2.75) is 45.6 Å². The third kappa shape index (κ3) is 2.14. The minimum absolute atomic E-state index is 0.0803. The maximum atomic E-state index is 5.94. The zero-order chi connectivity index (χ0) is 13.6. The van der Waals surface area contributed by atoms with E-state index in [1.54, 1.807) is 0 Å². The Morgan fingerprint density at radius 2 is 2.05 bits per heavy atom. The van der Waals surface area contributed by atoms with Crippen molar-refractivity contribution in [2.24, 2.45) is 5.92 Å². The number of pyridine rings is 1. The summed E-state index contributed by atoms with van der Waals surface area (Å²) < 4.78 is 2.33. The molecule has 0 bridgehead atoms. The Morgan fingerprint density at radius 1 is 1.32 bits per heavy atom. The molecule has 102 valence electrons. The van der Waals surface area contributed by atoms with Gasteiger partial charge in [-0.15, -0.1) is 11.6 Å². The molecule has 3 rings (SSSR count). The van der Waals surface area contributed by atoms with E-state index in [1.807, 2.05) is 13.0 Å². The fourth-order valence-electron chi connectivity index (χ4n) is 2.93. The van der Waals surface area contributed by atoms with E-state index in [9.17, 15) is 0 Å². The van der Waals surface area contributed by atoms with Gasteiger partial charge in [0.2, 0.25) is 0 Å². The van der Waals surface area contributed by atoms with Gasteiger partial charge in [0.1, 0.15) is 11.3 Å². The maximum absolute atomic E-state index is 5.94. The molecule has 1 aliphatic carbocycles. The van der Waals surface area contributed by atoms with Crippen LogP contribution in [0.4, 0.5) is 0 Å². The van der Waals surface area contributed by atoms with Crippen molar-refractivity contribution < 1.29 is 0 Å². The summed E-state index contributed by atoms with van der Waals surface area (Å²) >= 11 is 5.94. The Balaban J connectivity index is 2.23. The highest BCUT2D eigenvalue weighted by Gasteiger charge is 2.41. The van der Waals surface area contributed by atoms with Crippen LogP contribution in [0.1, 0.15) is 38.2 Å². The van der Waals surface area contributed by atoms with Crippen LogP contribution in [0.15, 0.2) is 12.1 Å². The van der Waals surface area contributed by atoms with E-state index in [1.165, 1.54) is 12.8 Å². The zero-order valence-electron chi connectivity index (χ0n) is 11.8. The fourth-order valence-corrected chi connectivity index (χ4v) is 3.10. The van der Waals surface area contributed by atoms with Gasteiger partial charge in [-0.25, -0.2) is 9.97 Å². The number of hydrogen-bond acceptors (Lipinski definition) is 2. The molecule has 0 aliphatic heterocycles. The first-order chi connectivity index (χ1) is 9.04. The molecule has 0 amide bonds. The number of aryl methyl sites for hydroxylation is 2. The van der Waals surface area contributed by atoms with Crippen molar-refractivity contribution >= 4 is 22.8 Å². The summed E-state index contributed by atoms with van der Waals surface area (Å²) in [5.74, 6) is 2.41. The van der Waals surface area contributed by atoms with Gasteiger partial charge in [-0.1, -0.05) is 0 Å². The second-order valence-corrected chi connectivity index (χ2v) is 6.40. The SMILES string of the molecule is Cc1ccc2nc(CCCl)n(C(C)(C)C3CC3)c2n1. The summed E-state index contributed by atoms with van der Waals surface area (Å²) in [5.41, 5.74) is 3.12.